The number of hydrogen-bond donors (Lipinski definition) is 0. The highest BCUT2D eigenvalue weighted by molar-refractivity contribution is 6.32. The SMILES string of the molecule is Cc1cccc(-c2ncncc2Cl)c1C. The molecule has 0 atom stereocenters. The van der Waals surface area contributed by atoms with Crippen LogP contribution in [0.15, 0.2) is 30.7 Å². The number of aryl methyl sites for hydroxylation is 1. The smallest absolute Gasteiger partial charge is 0.116 e. The summed E-state index contributed by atoms with van der Waals surface area (Å²) in [5, 5.41) is 0.589. The summed E-state index contributed by atoms with van der Waals surface area (Å²) in [4.78, 5) is 8.09. The predicted molar refractivity (Wildman–Crippen MR) is 62.0 cm³/mol. The van der Waals surface area contributed by atoms with Gasteiger partial charge in [0.1, 0.15) is 6.33 Å². The molecule has 0 fully saturated rings. The van der Waals surface area contributed by atoms with Crippen LogP contribution in [0.1, 0.15) is 11.1 Å². The van der Waals surface area contributed by atoms with Gasteiger partial charge in [0.15, 0.2) is 0 Å². The van der Waals surface area contributed by atoms with Crippen LogP contribution in [0.25, 0.3) is 11.3 Å². The fraction of sp³-hybridized carbons (Fsp3) is 0.167. The average Bonchev–Trinajstić information content (AvgIpc) is 2.23. The molecule has 0 aliphatic carbocycles. The number of aromatic nitrogens is 2. The van der Waals surface area contributed by atoms with E-state index in [2.05, 4.69) is 29.9 Å². The molecule has 2 rings (SSSR count). The molecule has 2 nitrogen and oxygen atoms in total. The lowest BCUT2D eigenvalue weighted by atomic mass is 10.0. The molecule has 0 saturated carbocycles. The van der Waals surface area contributed by atoms with Crippen LogP contribution in [0.5, 0.6) is 0 Å². The van der Waals surface area contributed by atoms with Crippen LogP contribution < -0.4 is 0 Å². The Bertz CT molecular complexity index is 495. The number of nitrogens with zero attached hydrogens (tertiary/aromatic N) is 2. The molecule has 0 spiro atoms. The van der Waals surface area contributed by atoms with Gasteiger partial charge in [0.25, 0.3) is 0 Å². The van der Waals surface area contributed by atoms with Crippen molar-refractivity contribution in [2.75, 3.05) is 0 Å². The lowest BCUT2D eigenvalue weighted by molar-refractivity contribution is 1.16. The zero-order valence-electron chi connectivity index (χ0n) is 8.66. The monoisotopic (exact) mass is 218 g/mol. The van der Waals surface area contributed by atoms with Crippen LogP contribution in [0.4, 0.5) is 0 Å². The van der Waals surface area contributed by atoms with E-state index in [0.717, 1.165) is 11.3 Å². The maximum atomic E-state index is 6.06. The van der Waals surface area contributed by atoms with Crippen molar-refractivity contribution >= 4 is 11.6 Å². The van der Waals surface area contributed by atoms with Crippen molar-refractivity contribution in [1.82, 2.24) is 9.97 Å². The van der Waals surface area contributed by atoms with Gasteiger partial charge in [-0.15, -0.1) is 0 Å². The van der Waals surface area contributed by atoms with E-state index in [1.807, 2.05) is 12.1 Å². The minimum atomic E-state index is 0.589. The van der Waals surface area contributed by atoms with Crippen molar-refractivity contribution in [2.45, 2.75) is 13.8 Å². The van der Waals surface area contributed by atoms with Gasteiger partial charge < -0.3 is 0 Å². The molecule has 0 aliphatic heterocycles. The van der Waals surface area contributed by atoms with Gasteiger partial charge in [-0.2, -0.15) is 0 Å². The van der Waals surface area contributed by atoms with Gasteiger partial charge in [-0.05, 0) is 25.0 Å². The quantitative estimate of drug-likeness (QED) is 0.733. The number of rotatable bonds is 1. The summed E-state index contributed by atoms with van der Waals surface area (Å²) in [5.74, 6) is 0. The van der Waals surface area contributed by atoms with E-state index in [9.17, 15) is 0 Å². The molecule has 0 aliphatic rings. The molecule has 0 N–H and O–H groups in total. The highest BCUT2D eigenvalue weighted by atomic mass is 35.5. The van der Waals surface area contributed by atoms with E-state index in [1.54, 1.807) is 6.20 Å². The fourth-order valence-electron chi connectivity index (χ4n) is 1.52. The second-order valence-corrected chi connectivity index (χ2v) is 3.87. The molecule has 0 amide bonds. The molecule has 76 valence electrons. The summed E-state index contributed by atoms with van der Waals surface area (Å²) < 4.78 is 0. The summed E-state index contributed by atoms with van der Waals surface area (Å²) in [6, 6.07) is 6.11. The Morgan fingerprint density at radius 1 is 1.20 bits per heavy atom. The molecule has 15 heavy (non-hydrogen) atoms. The van der Waals surface area contributed by atoms with Crippen LogP contribution in [0, 0.1) is 13.8 Å². The first-order chi connectivity index (χ1) is 7.20. The third kappa shape index (κ3) is 1.85. The van der Waals surface area contributed by atoms with E-state index in [1.165, 1.54) is 17.5 Å². The van der Waals surface area contributed by atoms with E-state index in [0.29, 0.717) is 5.02 Å². The third-order valence-electron chi connectivity index (χ3n) is 2.53. The van der Waals surface area contributed by atoms with Crippen LogP contribution >= 0.6 is 11.6 Å². The van der Waals surface area contributed by atoms with Crippen molar-refractivity contribution in [1.29, 1.82) is 0 Å². The Kier molecular flexibility index (Phi) is 2.69. The van der Waals surface area contributed by atoms with Gasteiger partial charge >= 0.3 is 0 Å². The van der Waals surface area contributed by atoms with Crippen LogP contribution in [0.3, 0.4) is 0 Å². The molecule has 1 aromatic heterocycles. The van der Waals surface area contributed by atoms with Crippen molar-refractivity contribution in [3.8, 4) is 11.3 Å². The molecule has 0 bridgehead atoms. The average molecular weight is 219 g/mol. The number of benzene rings is 1. The zero-order chi connectivity index (χ0) is 10.8. The van der Waals surface area contributed by atoms with Gasteiger partial charge in [0.05, 0.1) is 10.7 Å². The molecule has 1 aromatic carbocycles. The lowest BCUT2D eigenvalue weighted by Gasteiger charge is -2.08. The van der Waals surface area contributed by atoms with Crippen LogP contribution in [0.2, 0.25) is 5.02 Å². The highest BCUT2D eigenvalue weighted by Crippen LogP contribution is 2.28. The number of hydrogen-bond acceptors (Lipinski definition) is 2. The van der Waals surface area contributed by atoms with E-state index in [4.69, 9.17) is 11.6 Å². The van der Waals surface area contributed by atoms with Crippen molar-refractivity contribution in [3.63, 3.8) is 0 Å². The third-order valence-corrected chi connectivity index (χ3v) is 2.80. The molecular weight excluding hydrogens is 208 g/mol. The summed E-state index contributed by atoms with van der Waals surface area (Å²) >= 11 is 6.06. The van der Waals surface area contributed by atoms with Gasteiger partial charge in [-0.3, -0.25) is 0 Å². The Hall–Kier alpha value is -1.41. The highest BCUT2D eigenvalue weighted by Gasteiger charge is 2.08. The van der Waals surface area contributed by atoms with Crippen LogP contribution in [-0.4, -0.2) is 9.97 Å². The standard InChI is InChI=1S/C12H11ClN2/c1-8-4-3-5-10(9(8)2)12-11(13)6-14-7-15-12/h3-7H,1-2H3. The van der Waals surface area contributed by atoms with Crippen molar-refractivity contribution < 1.29 is 0 Å². The molecule has 0 radical (unpaired) electrons. The summed E-state index contributed by atoms with van der Waals surface area (Å²) in [5.41, 5.74) is 4.32. The van der Waals surface area contributed by atoms with E-state index in [-0.39, 0.29) is 0 Å². The molecule has 2 aromatic rings. The van der Waals surface area contributed by atoms with E-state index < -0.39 is 0 Å². The topological polar surface area (TPSA) is 25.8 Å². The second kappa shape index (κ2) is 3.99. The van der Waals surface area contributed by atoms with E-state index >= 15 is 0 Å². The maximum absolute atomic E-state index is 6.06. The Balaban J connectivity index is 2.65. The Morgan fingerprint density at radius 2 is 2.00 bits per heavy atom. The lowest BCUT2D eigenvalue weighted by Crippen LogP contribution is -1.91. The van der Waals surface area contributed by atoms with Crippen molar-refractivity contribution in [3.05, 3.63) is 46.9 Å². The zero-order valence-corrected chi connectivity index (χ0v) is 9.42. The van der Waals surface area contributed by atoms with Crippen molar-refractivity contribution in [2.24, 2.45) is 0 Å². The minimum absolute atomic E-state index is 0.589. The summed E-state index contributed by atoms with van der Waals surface area (Å²) in [6.45, 7) is 4.15. The second-order valence-electron chi connectivity index (χ2n) is 3.47. The molecule has 3 heteroatoms. The van der Waals surface area contributed by atoms with Gasteiger partial charge in [0.2, 0.25) is 0 Å². The van der Waals surface area contributed by atoms with Crippen LogP contribution in [-0.2, 0) is 0 Å². The summed E-state index contributed by atoms with van der Waals surface area (Å²) in [7, 11) is 0. The molecular formula is C12H11ClN2. The summed E-state index contributed by atoms with van der Waals surface area (Å²) in [6.07, 6.45) is 3.13. The first kappa shape index (κ1) is 10.1. The molecule has 1 heterocycles. The molecule has 0 unspecified atom stereocenters. The Labute approximate surface area is 94.0 Å². The first-order valence-electron chi connectivity index (χ1n) is 4.72. The normalized spacial score (nSPS) is 10.3. The fourth-order valence-corrected chi connectivity index (χ4v) is 1.73. The van der Waals surface area contributed by atoms with Gasteiger partial charge in [0, 0.05) is 11.8 Å². The largest absolute Gasteiger partial charge is 0.243 e. The molecule has 0 saturated heterocycles. The Morgan fingerprint density at radius 3 is 2.73 bits per heavy atom. The van der Waals surface area contributed by atoms with Gasteiger partial charge in [-0.1, -0.05) is 29.8 Å². The predicted octanol–water partition coefficient (Wildman–Crippen LogP) is 3.41. The minimum Gasteiger partial charge on any atom is -0.243 e. The van der Waals surface area contributed by atoms with Gasteiger partial charge in [-0.25, -0.2) is 9.97 Å². The number of halogens is 1. The maximum Gasteiger partial charge on any atom is 0.116 e. The first-order valence-corrected chi connectivity index (χ1v) is 5.10.